The molecule has 0 aromatic heterocycles. The molecule has 0 saturated heterocycles. The summed E-state index contributed by atoms with van der Waals surface area (Å²) in [5.74, 6) is 0.671. The van der Waals surface area contributed by atoms with E-state index in [9.17, 15) is 0 Å². The molecule has 0 aliphatic heterocycles. The Labute approximate surface area is 83.1 Å². The van der Waals surface area contributed by atoms with E-state index in [1.165, 1.54) is 0 Å². The largest absolute Gasteiger partial charge is 0.383 e. The predicted octanol–water partition coefficient (Wildman–Crippen LogP) is 2.29. The van der Waals surface area contributed by atoms with Crippen LogP contribution in [0.4, 0.5) is 0 Å². The maximum atomic E-state index is 5.00. The highest BCUT2D eigenvalue weighted by Gasteiger charge is 2.24. The molecule has 0 aliphatic rings. The lowest BCUT2D eigenvalue weighted by Gasteiger charge is -2.33. The number of ether oxygens (including phenoxy) is 1. The number of hydrogen-bond acceptors (Lipinski definition) is 2. The third-order valence-corrected chi connectivity index (χ3v) is 2.89. The van der Waals surface area contributed by atoms with Gasteiger partial charge < -0.3 is 10.1 Å². The van der Waals surface area contributed by atoms with Crippen LogP contribution in [0.5, 0.6) is 0 Å². The second-order valence-electron chi connectivity index (χ2n) is 4.89. The molecular formula is C11H25NO. The van der Waals surface area contributed by atoms with Crippen molar-refractivity contribution in [3.8, 4) is 0 Å². The van der Waals surface area contributed by atoms with E-state index in [0.29, 0.717) is 17.4 Å². The molecule has 2 atom stereocenters. The van der Waals surface area contributed by atoms with Gasteiger partial charge in [0, 0.05) is 19.7 Å². The van der Waals surface area contributed by atoms with Crippen LogP contribution in [0, 0.1) is 11.3 Å². The molecule has 2 unspecified atom stereocenters. The fourth-order valence-electron chi connectivity index (χ4n) is 1.32. The van der Waals surface area contributed by atoms with Gasteiger partial charge in [-0.2, -0.15) is 0 Å². The van der Waals surface area contributed by atoms with E-state index in [1.807, 2.05) is 0 Å². The Morgan fingerprint density at radius 1 is 1.23 bits per heavy atom. The van der Waals surface area contributed by atoms with Crippen molar-refractivity contribution in [2.24, 2.45) is 11.3 Å². The van der Waals surface area contributed by atoms with Crippen molar-refractivity contribution >= 4 is 0 Å². The Kier molecular flexibility index (Phi) is 5.57. The van der Waals surface area contributed by atoms with Crippen LogP contribution in [-0.2, 0) is 4.74 Å². The highest BCUT2D eigenvalue weighted by molar-refractivity contribution is 4.78. The summed E-state index contributed by atoms with van der Waals surface area (Å²) in [6.07, 6.45) is 0. The summed E-state index contributed by atoms with van der Waals surface area (Å²) in [6, 6.07) is 0.551. The minimum Gasteiger partial charge on any atom is -0.383 e. The van der Waals surface area contributed by atoms with Gasteiger partial charge in [0.05, 0.1) is 6.61 Å². The van der Waals surface area contributed by atoms with Gasteiger partial charge in [-0.15, -0.1) is 0 Å². The van der Waals surface area contributed by atoms with Gasteiger partial charge in [0.2, 0.25) is 0 Å². The standard InChI is InChI=1S/C11H25NO/c1-9(11(3,4)5)10(2)12-7-8-13-6/h9-10,12H,7-8H2,1-6H3. The van der Waals surface area contributed by atoms with E-state index in [2.05, 4.69) is 39.9 Å². The molecule has 0 heterocycles. The lowest BCUT2D eigenvalue weighted by atomic mass is 9.78. The van der Waals surface area contributed by atoms with Crippen molar-refractivity contribution in [1.29, 1.82) is 0 Å². The first kappa shape index (κ1) is 12.9. The molecule has 0 rings (SSSR count). The van der Waals surface area contributed by atoms with Gasteiger partial charge in [0.15, 0.2) is 0 Å². The molecule has 13 heavy (non-hydrogen) atoms. The van der Waals surface area contributed by atoms with Crippen LogP contribution in [0.2, 0.25) is 0 Å². The normalized spacial score (nSPS) is 17.1. The molecule has 0 spiro atoms. The number of nitrogens with one attached hydrogen (secondary N) is 1. The van der Waals surface area contributed by atoms with Gasteiger partial charge >= 0.3 is 0 Å². The van der Waals surface area contributed by atoms with Gasteiger partial charge in [-0.25, -0.2) is 0 Å². The SMILES string of the molecule is COCCNC(C)C(C)C(C)(C)C. The molecule has 1 N–H and O–H groups in total. The Hall–Kier alpha value is -0.0800. The van der Waals surface area contributed by atoms with Crippen LogP contribution in [0.3, 0.4) is 0 Å². The molecule has 0 saturated carbocycles. The second kappa shape index (κ2) is 5.61. The average Bonchev–Trinajstić information content (AvgIpc) is 2.01. The van der Waals surface area contributed by atoms with Crippen molar-refractivity contribution in [2.75, 3.05) is 20.3 Å². The summed E-state index contributed by atoms with van der Waals surface area (Å²) < 4.78 is 5.00. The lowest BCUT2D eigenvalue weighted by molar-refractivity contribution is 0.171. The van der Waals surface area contributed by atoms with E-state index < -0.39 is 0 Å². The second-order valence-corrected chi connectivity index (χ2v) is 4.89. The van der Waals surface area contributed by atoms with Gasteiger partial charge in [-0.05, 0) is 18.3 Å². The topological polar surface area (TPSA) is 21.3 Å². The lowest BCUT2D eigenvalue weighted by Crippen LogP contribution is -2.39. The summed E-state index contributed by atoms with van der Waals surface area (Å²) >= 11 is 0. The third kappa shape index (κ3) is 5.27. The molecule has 0 amide bonds. The van der Waals surface area contributed by atoms with Crippen molar-refractivity contribution in [3.63, 3.8) is 0 Å². The average molecular weight is 187 g/mol. The third-order valence-electron chi connectivity index (χ3n) is 2.89. The van der Waals surface area contributed by atoms with E-state index in [-0.39, 0.29) is 0 Å². The summed E-state index contributed by atoms with van der Waals surface area (Å²) in [7, 11) is 1.74. The van der Waals surface area contributed by atoms with E-state index in [0.717, 1.165) is 13.2 Å². The molecule has 80 valence electrons. The van der Waals surface area contributed by atoms with Crippen LogP contribution in [0.1, 0.15) is 34.6 Å². The zero-order valence-electron chi connectivity index (χ0n) is 9.98. The molecule has 0 aromatic carbocycles. The molecular weight excluding hydrogens is 162 g/mol. The maximum Gasteiger partial charge on any atom is 0.0587 e. The molecule has 0 aliphatic carbocycles. The molecule has 0 fully saturated rings. The monoisotopic (exact) mass is 187 g/mol. The van der Waals surface area contributed by atoms with Crippen LogP contribution in [0.15, 0.2) is 0 Å². The Balaban J connectivity index is 3.76. The maximum absolute atomic E-state index is 5.00. The first-order valence-corrected chi connectivity index (χ1v) is 5.12. The van der Waals surface area contributed by atoms with Crippen molar-refractivity contribution in [2.45, 2.75) is 40.7 Å². The van der Waals surface area contributed by atoms with Gasteiger partial charge in [0.25, 0.3) is 0 Å². The van der Waals surface area contributed by atoms with Gasteiger partial charge in [-0.1, -0.05) is 27.7 Å². The van der Waals surface area contributed by atoms with Crippen LogP contribution < -0.4 is 5.32 Å². The Morgan fingerprint density at radius 2 is 1.77 bits per heavy atom. The van der Waals surface area contributed by atoms with E-state index in [1.54, 1.807) is 7.11 Å². The number of methoxy groups -OCH3 is 1. The van der Waals surface area contributed by atoms with E-state index in [4.69, 9.17) is 4.74 Å². The van der Waals surface area contributed by atoms with Crippen molar-refractivity contribution in [3.05, 3.63) is 0 Å². The first-order chi connectivity index (χ1) is 5.89. The van der Waals surface area contributed by atoms with Gasteiger partial charge in [0.1, 0.15) is 0 Å². The zero-order valence-corrected chi connectivity index (χ0v) is 9.98. The van der Waals surface area contributed by atoms with Crippen LogP contribution >= 0.6 is 0 Å². The molecule has 2 heteroatoms. The molecule has 0 bridgehead atoms. The van der Waals surface area contributed by atoms with E-state index >= 15 is 0 Å². The summed E-state index contributed by atoms with van der Waals surface area (Å²) in [5, 5.41) is 3.46. The molecule has 0 radical (unpaired) electrons. The van der Waals surface area contributed by atoms with Crippen LogP contribution in [-0.4, -0.2) is 26.3 Å². The molecule has 2 nitrogen and oxygen atoms in total. The summed E-state index contributed by atoms with van der Waals surface area (Å²) in [5.41, 5.74) is 0.374. The summed E-state index contributed by atoms with van der Waals surface area (Å²) in [4.78, 5) is 0. The minimum atomic E-state index is 0.374. The Morgan fingerprint density at radius 3 is 2.15 bits per heavy atom. The number of hydrogen-bond donors (Lipinski definition) is 1. The fraction of sp³-hybridized carbons (Fsp3) is 1.00. The fourth-order valence-corrected chi connectivity index (χ4v) is 1.32. The predicted molar refractivity (Wildman–Crippen MR) is 58.0 cm³/mol. The van der Waals surface area contributed by atoms with Crippen LogP contribution in [0.25, 0.3) is 0 Å². The summed E-state index contributed by atoms with van der Waals surface area (Å²) in [6.45, 7) is 13.1. The smallest absolute Gasteiger partial charge is 0.0587 e. The molecule has 0 aromatic rings. The van der Waals surface area contributed by atoms with Crippen molar-refractivity contribution in [1.82, 2.24) is 5.32 Å². The van der Waals surface area contributed by atoms with Crippen molar-refractivity contribution < 1.29 is 4.74 Å². The Bertz CT molecular complexity index is 129. The highest BCUT2D eigenvalue weighted by Crippen LogP contribution is 2.27. The zero-order chi connectivity index (χ0) is 10.5. The quantitative estimate of drug-likeness (QED) is 0.667. The number of rotatable bonds is 5. The minimum absolute atomic E-state index is 0.374. The first-order valence-electron chi connectivity index (χ1n) is 5.12. The van der Waals surface area contributed by atoms with Gasteiger partial charge in [-0.3, -0.25) is 0 Å². The highest BCUT2D eigenvalue weighted by atomic mass is 16.5.